The lowest BCUT2D eigenvalue weighted by Crippen LogP contribution is -2.37. The van der Waals surface area contributed by atoms with E-state index in [1.54, 1.807) is 0 Å². The van der Waals surface area contributed by atoms with Gasteiger partial charge in [-0.2, -0.15) is 13.2 Å². The first-order valence-electron chi connectivity index (χ1n) is 5.35. The van der Waals surface area contributed by atoms with Crippen LogP contribution in [0.5, 0.6) is 0 Å². The summed E-state index contributed by atoms with van der Waals surface area (Å²) in [6.07, 6.45) is -3.67. The van der Waals surface area contributed by atoms with Crippen molar-refractivity contribution >= 4 is 0 Å². The molecule has 16 heavy (non-hydrogen) atoms. The van der Waals surface area contributed by atoms with E-state index in [0.717, 1.165) is 0 Å². The second-order valence-corrected chi connectivity index (χ2v) is 3.98. The van der Waals surface area contributed by atoms with E-state index in [0.29, 0.717) is 18.9 Å². The summed E-state index contributed by atoms with van der Waals surface area (Å²) in [6, 6.07) is 0.111. The minimum Gasteiger partial charge on any atom is -0.396 e. The molecule has 0 bridgehead atoms. The SMILES string of the molecule is CC(C)C(CCO)NCCOCC(F)(F)F. The lowest BCUT2D eigenvalue weighted by molar-refractivity contribution is -0.173. The first kappa shape index (κ1) is 15.7. The van der Waals surface area contributed by atoms with Gasteiger partial charge in [0.1, 0.15) is 6.61 Å². The number of aliphatic hydroxyl groups is 1. The van der Waals surface area contributed by atoms with Crippen molar-refractivity contribution in [2.75, 3.05) is 26.4 Å². The molecule has 0 aromatic carbocycles. The van der Waals surface area contributed by atoms with Crippen LogP contribution in [0.1, 0.15) is 20.3 Å². The van der Waals surface area contributed by atoms with Gasteiger partial charge < -0.3 is 15.2 Å². The number of hydrogen-bond donors (Lipinski definition) is 2. The van der Waals surface area contributed by atoms with E-state index in [2.05, 4.69) is 10.1 Å². The molecule has 0 aliphatic carbocycles. The van der Waals surface area contributed by atoms with Gasteiger partial charge in [0.05, 0.1) is 6.61 Å². The molecule has 0 radical (unpaired) electrons. The highest BCUT2D eigenvalue weighted by Crippen LogP contribution is 2.14. The predicted octanol–water partition coefficient (Wildman–Crippen LogP) is 1.56. The van der Waals surface area contributed by atoms with Crippen molar-refractivity contribution in [3.05, 3.63) is 0 Å². The van der Waals surface area contributed by atoms with Crippen molar-refractivity contribution in [2.24, 2.45) is 5.92 Å². The van der Waals surface area contributed by atoms with Crippen LogP contribution in [-0.4, -0.2) is 43.7 Å². The Hall–Kier alpha value is -0.330. The summed E-state index contributed by atoms with van der Waals surface area (Å²) >= 11 is 0. The molecule has 0 rings (SSSR count). The van der Waals surface area contributed by atoms with Crippen LogP contribution in [0.25, 0.3) is 0 Å². The first-order chi connectivity index (χ1) is 7.37. The van der Waals surface area contributed by atoms with E-state index >= 15 is 0 Å². The molecule has 0 aromatic heterocycles. The molecule has 0 fully saturated rings. The molecular formula is C10H20F3NO2. The summed E-state index contributed by atoms with van der Waals surface area (Å²) < 4.78 is 39.6. The standard InChI is InChI=1S/C10H20F3NO2/c1-8(2)9(3-5-15)14-4-6-16-7-10(11,12)13/h8-9,14-15H,3-7H2,1-2H3. The average molecular weight is 243 g/mol. The van der Waals surface area contributed by atoms with Crippen molar-refractivity contribution in [1.82, 2.24) is 5.32 Å². The fraction of sp³-hybridized carbons (Fsp3) is 1.00. The van der Waals surface area contributed by atoms with Crippen molar-refractivity contribution in [3.8, 4) is 0 Å². The normalized spacial score (nSPS) is 14.4. The van der Waals surface area contributed by atoms with E-state index in [1.165, 1.54) is 0 Å². The summed E-state index contributed by atoms with van der Waals surface area (Å²) in [5.41, 5.74) is 0. The zero-order chi connectivity index (χ0) is 12.6. The molecule has 1 unspecified atom stereocenters. The Kier molecular flexibility index (Phi) is 7.70. The number of ether oxygens (including phenoxy) is 1. The number of halogens is 3. The topological polar surface area (TPSA) is 41.5 Å². The van der Waals surface area contributed by atoms with Crippen molar-refractivity contribution in [1.29, 1.82) is 0 Å². The van der Waals surface area contributed by atoms with Gasteiger partial charge in [-0.15, -0.1) is 0 Å². The number of nitrogens with one attached hydrogen (secondary N) is 1. The second-order valence-electron chi connectivity index (χ2n) is 3.98. The highest BCUT2D eigenvalue weighted by atomic mass is 19.4. The second kappa shape index (κ2) is 7.86. The van der Waals surface area contributed by atoms with Gasteiger partial charge in [0, 0.05) is 19.2 Å². The highest BCUT2D eigenvalue weighted by molar-refractivity contribution is 4.69. The maximum absolute atomic E-state index is 11.7. The van der Waals surface area contributed by atoms with Gasteiger partial charge >= 0.3 is 6.18 Å². The minimum atomic E-state index is -4.26. The number of aliphatic hydroxyl groups excluding tert-OH is 1. The van der Waals surface area contributed by atoms with E-state index in [-0.39, 0.29) is 19.3 Å². The van der Waals surface area contributed by atoms with Crippen molar-refractivity contribution in [2.45, 2.75) is 32.5 Å². The maximum Gasteiger partial charge on any atom is 0.411 e. The van der Waals surface area contributed by atoms with Gasteiger partial charge in [-0.25, -0.2) is 0 Å². The molecule has 0 aromatic rings. The molecule has 0 amide bonds. The van der Waals surface area contributed by atoms with Gasteiger partial charge in [0.15, 0.2) is 0 Å². The van der Waals surface area contributed by atoms with Crippen LogP contribution >= 0.6 is 0 Å². The third-order valence-electron chi connectivity index (χ3n) is 2.16. The van der Waals surface area contributed by atoms with Crippen LogP contribution in [0.4, 0.5) is 13.2 Å². The lowest BCUT2D eigenvalue weighted by Gasteiger charge is -2.21. The molecule has 3 nitrogen and oxygen atoms in total. The van der Waals surface area contributed by atoms with E-state index in [4.69, 9.17) is 5.11 Å². The summed E-state index contributed by atoms with van der Waals surface area (Å²) in [7, 11) is 0. The van der Waals surface area contributed by atoms with Crippen LogP contribution in [0, 0.1) is 5.92 Å². The smallest absolute Gasteiger partial charge is 0.396 e. The molecule has 2 N–H and O–H groups in total. The maximum atomic E-state index is 11.7. The van der Waals surface area contributed by atoms with Crippen LogP contribution in [-0.2, 0) is 4.74 Å². The van der Waals surface area contributed by atoms with Gasteiger partial charge in [0.2, 0.25) is 0 Å². The molecular weight excluding hydrogens is 223 g/mol. The van der Waals surface area contributed by atoms with E-state index in [1.807, 2.05) is 13.8 Å². The third-order valence-corrected chi connectivity index (χ3v) is 2.16. The molecule has 0 aliphatic rings. The van der Waals surface area contributed by atoms with Gasteiger partial charge in [-0.05, 0) is 12.3 Å². The number of rotatable bonds is 8. The lowest BCUT2D eigenvalue weighted by atomic mass is 10.0. The molecule has 0 aliphatic heterocycles. The predicted molar refractivity (Wildman–Crippen MR) is 55.2 cm³/mol. The summed E-state index contributed by atoms with van der Waals surface area (Å²) in [6.45, 7) is 3.22. The molecule has 0 saturated carbocycles. The average Bonchev–Trinajstić information content (AvgIpc) is 2.13. The molecule has 98 valence electrons. The fourth-order valence-electron chi connectivity index (χ4n) is 1.31. The van der Waals surface area contributed by atoms with Crippen molar-refractivity contribution in [3.63, 3.8) is 0 Å². The van der Waals surface area contributed by atoms with Crippen LogP contribution in [0.3, 0.4) is 0 Å². The Morgan fingerprint density at radius 1 is 1.31 bits per heavy atom. The zero-order valence-electron chi connectivity index (χ0n) is 9.68. The quantitative estimate of drug-likeness (QED) is 0.636. The Labute approximate surface area is 94.0 Å². The number of hydrogen-bond acceptors (Lipinski definition) is 3. The minimum absolute atomic E-state index is 0.0220. The zero-order valence-corrected chi connectivity index (χ0v) is 9.68. The highest BCUT2D eigenvalue weighted by Gasteiger charge is 2.27. The largest absolute Gasteiger partial charge is 0.411 e. The molecule has 0 spiro atoms. The van der Waals surface area contributed by atoms with E-state index < -0.39 is 12.8 Å². The van der Waals surface area contributed by atoms with Gasteiger partial charge in [-0.1, -0.05) is 13.8 Å². The third kappa shape index (κ3) is 8.94. The number of alkyl halides is 3. The Morgan fingerprint density at radius 2 is 1.94 bits per heavy atom. The monoisotopic (exact) mass is 243 g/mol. The first-order valence-corrected chi connectivity index (χ1v) is 5.35. The summed E-state index contributed by atoms with van der Waals surface area (Å²) in [5, 5.41) is 11.8. The summed E-state index contributed by atoms with van der Waals surface area (Å²) in [5.74, 6) is 0.328. The van der Waals surface area contributed by atoms with Crippen LogP contribution < -0.4 is 5.32 Å². The molecule has 6 heteroatoms. The fourth-order valence-corrected chi connectivity index (χ4v) is 1.31. The molecule has 0 heterocycles. The van der Waals surface area contributed by atoms with Crippen LogP contribution in [0.2, 0.25) is 0 Å². The summed E-state index contributed by atoms with van der Waals surface area (Å²) in [4.78, 5) is 0. The Bertz CT molecular complexity index is 174. The van der Waals surface area contributed by atoms with Crippen molar-refractivity contribution < 1.29 is 23.0 Å². The van der Waals surface area contributed by atoms with E-state index in [9.17, 15) is 13.2 Å². The molecule has 0 saturated heterocycles. The van der Waals surface area contributed by atoms with Gasteiger partial charge in [0.25, 0.3) is 0 Å². The Morgan fingerprint density at radius 3 is 2.38 bits per heavy atom. The van der Waals surface area contributed by atoms with Crippen LogP contribution in [0.15, 0.2) is 0 Å². The molecule has 1 atom stereocenters. The Balaban J connectivity index is 3.55. The van der Waals surface area contributed by atoms with Gasteiger partial charge in [-0.3, -0.25) is 0 Å².